The molecule has 8 heteroatoms. The molecule has 106 valence electrons. The summed E-state index contributed by atoms with van der Waals surface area (Å²) in [6.45, 7) is -1.09. The molecule has 0 N–H and O–H groups in total. The molecule has 0 bridgehead atoms. The summed E-state index contributed by atoms with van der Waals surface area (Å²) in [5, 5.41) is 0.336. The van der Waals surface area contributed by atoms with Gasteiger partial charge in [0.15, 0.2) is 5.82 Å². The largest absolute Gasteiger partial charge is 0.405 e. The molecule has 0 aliphatic heterocycles. The molecule has 0 amide bonds. The van der Waals surface area contributed by atoms with Gasteiger partial charge in [-0.15, -0.1) is 0 Å². The lowest BCUT2D eigenvalue weighted by molar-refractivity contribution is -0.119. The molecule has 4 nitrogen and oxygen atoms in total. The number of rotatable bonds is 5. The Hall–Kier alpha value is -1.05. The van der Waals surface area contributed by atoms with Gasteiger partial charge in [-0.3, -0.25) is 4.79 Å². The Morgan fingerprint density at radius 3 is 2.68 bits per heavy atom. The van der Waals surface area contributed by atoms with Crippen LogP contribution in [-0.2, 0) is 0 Å². The summed E-state index contributed by atoms with van der Waals surface area (Å²) < 4.78 is 39.0. The number of alkyl halides is 4. The molecule has 1 saturated carbocycles. The lowest BCUT2D eigenvalue weighted by Crippen LogP contribution is -2.40. The van der Waals surface area contributed by atoms with Crippen molar-refractivity contribution in [3.63, 3.8) is 0 Å². The van der Waals surface area contributed by atoms with E-state index in [1.807, 2.05) is 0 Å². The number of anilines is 1. The zero-order valence-electron chi connectivity index (χ0n) is 10.0. The van der Waals surface area contributed by atoms with Crippen LogP contribution in [0.2, 0.25) is 0 Å². The molecule has 1 aromatic rings. The van der Waals surface area contributed by atoms with Gasteiger partial charge in [0.05, 0.1) is 0 Å². The maximum atomic E-state index is 12.5. The van der Waals surface area contributed by atoms with Crippen molar-refractivity contribution in [3.05, 3.63) is 22.7 Å². The molecule has 0 spiro atoms. The summed E-state index contributed by atoms with van der Waals surface area (Å²) in [7, 11) is 0. The predicted octanol–water partition coefficient (Wildman–Crippen LogP) is 2.34. The maximum absolute atomic E-state index is 12.5. The van der Waals surface area contributed by atoms with Gasteiger partial charge in [0.1, 0.15) is 6.54 Å². The lowest BCUT2D eigenvalue weighted by atomic mass is 10.4. The molecule has 0 saturated heterocycles. The summed E-state index contributed by atoms with van der Waals surface area (Å²) in [6.07, 6.45) is 0.328. The molecular formula is C11H13BrF3N3O. The second-order valence-electron chi connectivity index (χ2n) is 4.42. The highest BCUT2D eigenvalue weighted by Gasteiger charge is 2.33. The molecule has 1 fully saturated rings. The average molecular weight is 340 g/mol. The highest BCUT2D eigenvalue weighted by atomic mass is 79.9. The summed E-state index contributed by atoms with van der Waals surface area (Å²) >= 11 is 3.09. The monoisotopic (exact) mass is 339 g/mol. The highest BCUT2D eigenvalue weighted by Crippen LogP contribution is 2.33. The van der Waals surface area contributed by atoms with Gasteiger partial charge in [0, 0.05) is 30.3 Å². The van der Waals surface area contributed by atoms with Crippen LogP contribution in [-0.4, -0.2) is 34.1 Å². The van der Waals surface area contributed by atoms with Crippen LogP contribution >= 0.6 is 15.9 Å². The van der Waals surface area contributed by atoms with E-state index >= 15 is 0 Å². The number of aromatic nitrogens is 2. The second kappa shape index (κ2) is 5.52. The van der Waals surface area contributed by atoms with Gasteiger partial charge in [0.25, 0.3) is 5.56 Å². The van der Waals surface area contributed by atoms with E-state index in [1.165, 1.54) is 17.0 Å². The zero-order chi connectivity index (χ0) is 14.0. The second-order valence-corrected chi connectivity index (χ2v) is 5.21. The zero-order valence-corrected chi connectivity index (χ0v) is 11.6. The quantitative estimate of drug-likeness (QED) is 0.773. The molecule has 1 heterocycles. The van der Waals surface area contributed by atoms with Crippen molar-refractivity contribution < 1.29 is 13.2 Å². The Kier molecular flexibility index (Phi) is 4.17. The van der Waals surface area contributed by atoms with Crippen LogP contribution in [0.4, 0.5) is 19.0 Å². The number of hydrogen-bond acceptors (Lipinski definition) is 3. The van der Waals surface area contributed by atoms with Crippen LogP contribution in [0.3, 0.4) is 0 Å². The molecule has 19 heavy (non-hydrogen) atoms. The first-order valence-electron chi connectivity index (χ1n) is 5.87. The van der Waals surface area contributed by atoms with E-state index in [4.69, 9.17) is 0 Å². The van der Waals surface area contributed by atoms with Crippen LogP contribution in [0.15, 0.2) is 17.2 Å². The third kappa shape index (κ3) is 3.71. The first-order chi connectivity index (χ1) is 8.92. The number of hydrogen-bond donors (Lipinski definition) is 0. The molecule has 0 radical (unpaired) electrons. The normalized spacial score (nSPS) is 15.6. The van der Waals surface area contributed by atoms with Crippen LogP contribution in [0.1, 0.15) is 18.9 Å². The van der Waals surface area contributed by atoms with E-state index < -0.39 is 18.3 Å². The van der Waals surface area contributed by atoms with Gasteiger partial charge in [-0.2, -0.15) is 13.2 Å². The van der Waals surface area contributed by atoms with Crippen molar-refractivity contribution in [2.75, 3.05) is 23.3 Å². The fraction of sp³-hybridized carbons (Fsp3) is 0.636. The van der Waals surface area contributed by atoms with E-state index in [-0.39, 0.29) is 18.4 Å². The summed E-state index contributed by atoms with van der Waals surface area (Å²) in [6, 6.07) is 0.117. The third-order valence-electron chi connectivity index (χ3n) is 2.81. The average Bonchev–Trinajstić information content (AvgIpc) is 3.11. The minimum Gasteiger partial charge on any atom is -0.342 e. The van der Waals surface area contributed by atoms with Crippen molar-refractivity contribution in [2.45, 2.75) is 25.1 Å². The minimum atomic E-state index is -4.36. The van der Waals surface area contributed by atoms with E-state index in [0.29, 0.717) is 5.33 Å². The molecule has 0 atom stereocenters. The van der Waals surface area contributed by atoms with Gasteiger partial charge < -0.3 is 9.47 Å². The molecular weight excluding hydrogens is 327 g/mol. The Balaban J connectivity index is 2.30. The van der Waals surface area contributed by atoms with E-state index in [0.717, 1.165) is 17.7 Å². The third-order valence-corrected chi connectivity index (χ3v) is 3.17. The van der Waals surface area contributed by atoms with Crippen molar-refractivity contribution in [1.82, 2.24) is 9.55 Å². The predicted molar refractivity (Wildman–Crippen MR) is 68.8 cm³/mol. The van der Waals surface area contributed by atoms with Gasteiger partial charge in [0.2, 0.25) is 0 Å². The first kappa shape index (κ1) is 14.4. The van der Waals surface area contributed by atoms with Crippen LogP contribution in [0.25, 0.3) is 0 Å². The Morgan fingerprint density at radius 1 is 1.47 bits per heavy atom. The molecule has 0 aromatic carbocycles. The molecule has 1 aromatic heterocycles. The van der Waals surface area contributed by atoms with Crippen molar-refractivity contribution in [2.24, 2.45) is 0 Å². The number of nitrogens with zero attached hydrogens (tertiary/aromatic N) is 3. The topological polar surface area (TPSA) is 38.1 Å². The lowest BCUT2D eigenvalue weighted by Gasteiger charge is -2.23. The maximum Gasteiger partial charge on any atom is 0.405 e. The van der Waals surface area contributed by atoms with E-state index in [1.54, 1.807) is 0 Å². The van der Waals surface area contributed by atoms with Crippen molar-refractivity contribution >= 4 is 21.7 Å². The molecule has 2 rings (SSSR count). The van der Waals surface area contributed by atoms with E-state index in [2.05, 4.69) is 20.9 Å². The van der Waals surface area contributed by atoms with E-state index in [9.17, 15) is 18.0 Å². The van der Waals surface area contributed by atoms with Crippen molar-refractivity contribution in [1.29, 1.82) is 0 Å². The van der Waals surface area contributed by atoms with Gasteiger partial charge in [-0.1, -0.05) is 15.9 Å². The smallest absolute Gasteiger partial charge is 0.342 e. The van der Waals surface area contributed by atoms with Gasteiger partial charge in [-0.05, 0) is 12.8 Å². The fourth-order valence-corrected chi connectivity index (χ4v) is 2.28. The van der Waals surface area contributed by atoms with Crippen molar-refractivity contribution in [3.8, 4) is 0 Å². The highest BCUT2D eigenvalue weighted by molar-refractivity contribution is 9.09. The Bertz CT molecular complexity index is 499. The summed E-state index contributed by atoms with van der Waals surface area (Å²) in [4.78, 5) is 16.9. The fourth-order valence-electron chi connectivity index (χ4n) is 1.85. The Morgan fingerprint density at radius 2 is 2.16 bits per heavy atom. The molecule has 1 aliphatic carbocycles. The summed E-state index contributed by atoms with van der Waals surface area (Å²) in [5.74, 6) is -0.133. The molecule has 1 aliphatic rings. The SMILES string of the molecule is O=c1c(N(CCBr)CC(F)(F)F)nccn1C1CC1. The minimum absolute atomic E-state index is 0.0798. The van der Waals surface area contributed by atoms with Crippen LogP contribution < -0.4 is 10.5 Å². The van der Waals surface area contributed by atoms with Crippen LogP contribution in [0, 0.1) is 0 Å². The molecule has 0 unspecified atom stereocenters. The van der Waals surface area contributed by atoms with Crippen LogP contribution in [0.5, 0.6) is 0 Å². The summed E-state index contributed by atoms with van der Waals surface area (Å²) in [5.41, 5.74) is -0.449. The Labute approximate surface area is 116 Å². The first-order valence-corrected chi connectivity index (χ1v) is 6.99. The van der Waals surface area contributed by atoms with Gasteiger partial charge in [-0.25, -0.2) is 4.98 Å². The standard InChI is InChI=1S/C11H13BrF3N3O/c12-3-5-17(7-11(13,14)15)9-10(19)18(6-4-16-9)8-1-2-8/h4,6,8H,1-3,5,7H2. The van der Waals surface area contributed by atoms with Gasteiger partial charge >= 0.3 is 6.18 Å². The number of halogens is 4.